The van der Waals surface area contributed by atoms with E-state index in [-0.39, 0.29) is 0 Å². The number of carbonyl (C=O) groups is 1. The number of unbranched alkanes of at least 4 members (excludes halogenated alkanes) is 1. The molecule has 0 spiro atoms. The van der Waals surface area contributed by atoms with Gasteiger partial charge in [0.25, 0.3) is 0 Å². The van der Waals surface area contributed by atoms with E-state index in [0.717, 1.165) is 36.0 Å². The molecule has 1 atom stereocenters. The number of hydrogen-bond acceptors (Lipinski definition) is 1. The Hall–Kier alpha value is -1.57. The fraction of sp³-hybridized carbons (Fsp3) is 0.400. The summed E-state index contributed by atoms with van der Waals surface area (Å²) in [5.41, 5.74) is 2.26. The molecule has 1 N–H and O–H groups in total. The van der Waals surface area contributed by atoms with Crippen LogP contribution in [0.3, 0.4) is 0 Å². The van der Waals surface area contributed by atoms with Crippen molar-refractivity contribution in [2.45, 2.75) is 38.5 Å². The molecule has 0 bridgehead atoms. The van der Waals surface area contributed by atoms with E-state index in [1.807, 2.05) is 37.3 Å². The van der Waals surface area contributed by atoms with Crippen molar-refractivity contribution in [3.8, 4) is 0 Å². The van der Waals surface area contributed by atoms with E-state index in [1.54, 1.807) is 0 Å². The third-order valence-corrected chi connectivity index (χ3v) is 3.71. The van der Waals surface area contributed by atoms with E-state index in [1.165, 1.54) is 0 Å². The predicted octanol–water partition coefficient (Wildman–Crippen LogP) is 3.53. The van der Waals surface area contributed by atoms with Crippen LogP contribution in [0.5, 0.6) is 0 Å². The summed E-state index contributed by atoms with van der Waals surface area (Å²) in [5.74, 6) is -0.729. The van der Waals surface area contributed by atoms with Crippen molar-refractivity contribution in [2.24, 2.45) is 0 Å². The molecule has 0 aromatic heterocycles. The van der Waals surface area contributed by atoms with Crippen LogP contribution in [-0.4, -0.2) is 11.1 Å². The SMILES string of the molecule is CCCCC1=C(C)[C@]1(C(=O)O)c1ccccc1. The van der Waals surface area contributed by atoms with Crippen LogP contribution in [0, 0.1) is 0 Å². The number of hydrogen-bond donors (Lipinski definition) is 1. The molecule has 0 saturated carbocycles. The lowest BCUT2D eigenvalue weighted by Crippen LogP contribution is -2.25. The van der Waals surface area contributed by atoms with E-state index in [0.29, 0.717) is 0 Å². The van der Waals surface area contributed by atoms with E-state index in [2.05, 4.69) is 6.92 Å². The van der Waals surface area contributed by atoms with Crippen LogP contribution >= 0.6 is 0 Å². The average Bonchev–Trinajstić information content (AvgIpc) is 2.94. The largest absolute Gasteiger partial charge is 0.480 e. The molecule has 1 aliphatic rings. The lowest BCUT2D eigenvalue weighted by molar-refractivity contribution is -0.139. The summed E-state index contributed by atoms with van der Waals surface area (Å²) in [6.45, 7) is 4.08. The molecule has 0 amide bonds. The molecular formula is C15H18O2. The zero-order valence-electron chi connectivity index (χ0n) is 10.4. The summed E-state index contributed by atoms with van der Waals surface area (Å²) in [6.07, 6.45) is 3.07. The maximum Gasteiger partial charge on any atom is 0.322 e. The molecule has 2 heteroatoms. The summed E-state index contributed by atoms with van der Waals surface area (Å²) < 4.78 is 0. The van der Waals surface area contributed by atoms with Crippen LogP contribution in [-0.2, 0) is 10.2 Å². The Bertz CT molecular complexity index is 459. The van der Waals surface area contributed by atoms with Crippen molar-refractivity contribution in [2.75, 3.05) is 0 Å². The Morgan fingerprint density at radius 2 is 1.94 bits per heavy atom. The first-order valence-electron chi connectivity index (χ1n) is 6.15. The number of benzene rings is 1. The second kappa shape index (κ2) is 4.36. The van der Waals surface area contributed by atoms with Gasteiger partial charge in [0.05, 0.1) is 0 Å². The van der Waals surface area contributed by atoms with E-state index in [4.69, 9.17) is 0 Å². The highest BCUT2D eigenvalue weighted by Gasteiger charge is 2.57. The summed E-state index contributed by atoms with van der Waals surface area (Å²) in [5, 5.41) is 9.56. The molecule has 2 rings (SSSR count). The van der Waals surface area contributed by atoms with Crippen molar-refractivity contribution >= 4 is 5.97 Å². The van der Waals surface area contributed by atoms with Crippen LogP contribution in [0.1, 0.15) is 38.7 Å². The molecular weight excluding hydrogens is 212 g/mol. The minimum Gasteiger partial charge on any atom is -0.480 e. The van der Waals surface area contributed by atoms with Gasteiger partial charge < -0.3 is 5.11 Å². The molecule has 1 aromatic carbocycles. The van der Waals surface area contributed by atoms with Gasteiger partial charge in [-0.25, -0.2) is 0 Å². The van der Waals surface area contributed by atoms with Gasteiger partial charge in [-0.3, -0.25) is 4.79 Å². The van der Waals surface area contributed by atoms with Crippen molar-refractivity contribution in [3.63, 3.8) is 0 Å². The molecule has 17 heavy (non-hydrogen) atoms. The van der Waals surface area contributed by atoms with Gasteiger partial charge in [0.1, 0.15) is 5.41 Å². The zero-order chi connectivity index (χ0) is 12.5. The average molecular weight is 230 g/mol. The Morgan fingerprint density at radius 1 is 1.29 bits per heavy atom. The minimum absolute atomic E-state index is 0.729. The number of aliphatic carboxylic acids is 1. The molecule has 0 aliphatic heterocycles. The van der Waals surface area contributed by atoms with Crippen molar-refractivity contribution < 1.29 is 9.90 Å². The zero-order valence-corrected chi connectivity index (χ0v) is 10.4. The van der Waals surface area contributed by atoms with Gasteiger partial charge in [0, 0.05) is 0 Å². The molecule has 2 nitrogen and oxygen atoms in total. The first-order valence-corrected chi connectivity index (χ1v) is 6.15. The number of carboxylic acid groups (broad SMARTS) is 1. The Morgan fingerprint density at radius 3 is 2.47 bits per heavy atom. The second-order valence-electron chi connectivity index (χ2n) is 4.63. The highest BCUT2D eigenvalue weighted by atomic mass is 16.4. The van der Waals surface area contributed by atoms with E-state index < -0.39 is 11.4 Å². The van der Waals surface area contributed by atoms with Crippen LogP contribution in [0.4, 0.5) is 0 Å². The topological polar surface area (TPSA) is 37.3 Å². The Balaban J connectivity index is 2.31. The molecule has 0 unspecified atom stereocenters. The standard InChI is InChI=1S/C15H18O2/c1-3-4-10-13-11(2)15(13,14(16)17)12-8-6-5-7-9-12/h5-9H,3-4,10H2,1-2H3,(H,16,17)/t15-/m0/s1. The third kappa shape index (κ3) is 1.68. The normalized spacial score (nSPS) is 22.7. The summed E-state index contributed by atoms with van der Waals surface area (Å²) in [6, 6.07) is 9.56. The van der Waals surface area contributed by atoms with Gasteiger partial charge in [-0.15, -0.1) is 0 Å². The minimum atomic E-state index is -0.781. The summed E-state index contributed by atoms with van der Waals surface area (Å²) >= 11 is 0. The first-order chi connectivity index (χ1) is 8.15. The summed E-state index contributed by atoms with van der Waals surface area (Å²) in [4.78, 5) is 11.6. The van der Waals surface area contributed by atoms with E-state index >= 15 is 0 Å². The quantitative estimate of drug-likeness (QED) is 0.786. The first kappa shape index (κ1) is 11.9. The van der Waals surface area contributed by atoms with Gasteiger partial charge in [0.2, 0.25) is 0 Å². The third-order valence-electron chi connectivity index (χ3n) is 3.71. The number of rotatable bonds is 5. The highest BCUT2D eigenvalue weighted by Crippen LogP contribution is 2.56. The molecule has 90 valence electrons. The molecule has 0 heterocycles. The van der Waals surface area contributed by atoms with Crippen LogP contribution in [0.25, 0.3) is 0 Å². The van der Waals surface area contributed by atoms with Crippen molar-refractivity contribution in [1.29, 1.82) is 0 Å². The molecule has 0 fully saturated rings. The van der Waals surface area contributed by atoms with Crippen molar-refractivity contribution in [3.05, 3.63) is 47.0 Å². The summed E-state index contributed by atoms with van der Waals surface area (Å²) in [7, 11) is 0. The monoisotopic (exact) mass is 230 g/mol. The second-order valence-corrected chi connectivity index (χ2v) is 4.63. The van der Waals surface area contributed by atoms with Crippen LogP contribution in [0.2, 0.25) is 0 Å². The van der Waals surface area contributed by atoms with Crippen LogP contribution in [0.15, 0.2) is 41.5 Å². The van der Waals surface area contributed by atoms with Gasteiger partial charge in [-0.1, -0.05) is 43.7 Å². The maximum atomic E-state index is 11.6. The molecule has 0 saturated heterocycles. The fourth-order valence-corrected chi connectivity index (χ4v) is 2.69. The highest BCUT2D eigenvalue weighted by molar-refractivity contribution is 5.97. The molecule has 1 aliphatic carbocycles. The Kier molecular flexibility index (Phi) is 3.05. The smallest absolute Gasteiger partial charge is 0.322 e. The van der Waals surface area contributed by atoms with E-state index in [9.17, 15) is 9.90 Å². The maximum absolute atomic E-state index is 11.6. The van der Waals surface area contributed by atoms with Crippen molar-refractivity contribution in [1.82, 2.24) is 0 Å². The fourth-order valence-electron chi connectivity index (χ4n) is 2.69. The van der Waals surface area contributed by atoms with Gasteiger partial charge in [-0.2, -0.15) is 0 Å². The number of carboxylic acids is 1. The molecule has 0 radical (unpaired) electrons. The Labute approximate surface area is 102 Å². The lowest BCUT2D eigenvalue weighted by atomic mass is 9.87. The lowest BCUT2D eigenvalue weighted by Gasteiger charge is -2.15. The van der Waals surface area contributed by atoms with Gasteiger partial charge in [0.15, 0.2) is 0 Å². The van der Waals surface area contributed by atoms with Gasteiger partial charge >= 0.3 is 5.97 Å². The van der Waals surface area contributed by atoms with Gasteiger partial charge in [-0.05, 0) is 36.5 Å². The molecule has 1 aromatic rings. The predicted molar refractivity (Wildman–Crippen MR) is 68.0 cm³/mol. The van der Waals surface area contributed by atoms with Crippen LogP contribution < -0.4 is 0 Å².